The Morgan fingerprint density at radius 1 is 1.08 bits per heavy atom. The number of nitrogens with zero attached hydrogens (tertiary/aromatic N) is 3. The van der Waals surface area contributed by atoms with E-state index in [1.54, 1.807) is 42.5 Å². The van der Waals surface area contributed by atoms with Crippen LogP contribution in [0, 0.1) is 22.7 Å². The molecule has 118 valence electrons. The zero-order valence-electron chi connectivity index (χ0n) is 13.0. The number of carbonyl (C=O) groups excluding carboxylic acids is 2. The van der Waals surface area contributed by atoms with Gasteiger partial charge in [0.05, 0.1) is 22.9 Å². The number of nitriles is 2. The highest BCUT2D eigenvalue weighted by Gasteiger charge is 2.17. The van der Waals surface area contributed by atoms with Crippen LogP contribution >= 0.6 is 0 Å². The van der Waals surface area contributed by atoms with Gasteiger partial charge in [0.25, 0.3) is 0 Å². The molecule has 2 rings (SSSR count). The highest BCUT2D eigenvalue weighted by molar-refractivity contribution is 6.02. The molecular weight excluding hydrogens is 304 g/mol. The van der Waals surface area contributed by atoms with Crippen molar-refractivity contribution in [2.24, 2.45) is 0 Å². The maximum atomic E-state index is 12.2. The fourth-order valence-corrected chi connectivity index (χ4v) is 2.15. The topological polar surface area (TPSA) is 97.0 Å². The smallest absolute Gasteiger partial charge is 0.244 e. The van der Waals surface area contributed by atoms with Gasteiger partial charge in [-0.15, -0.1) is 0 Å². The number of para-hydroxylation sites is 1. The Bertz CT molecular complexity index is 862. The minimum absolute atomic E-state index is 0.218. The first-order valence-electron chi connectivity index (χ1n) is 7.12. The zero-order valence-corrected chi connectivity index (χ0v) is 13.0. The van der Waals surface area contributed by atoms with Crippen LogP contribution in [0.25, 0.3) is 0 Å². The van der Waals surface area contributed by atoms with Crippen LogP contribution in [-0.4, -0.2) is 18.4 Å². The van der Waals surface area contributed by atoms with E-state index in [4.69, 9.17) is 10.5 Å². The molecule has 6 heteroatoms. The van der Waals surface area contributed by atoms with Crippen LogP contribution < -0.4 is 10.2 Å². The molecule has 0 radical (unpaired) electrons. The summed E-state index contributed by atoms with van der Waals surface area (Å²) in [5.41, 5.74) is 1.59. The summed E-state index contributed by atoms with van der Waals surface area (Å²) in [5.74, 6) is -0.760. The van der Waals surface area contributed by atoms with Crippen molar-refractivity contribution >= 4 is 23.2 Å². The standard InChI is InChI=1S/C18H14N4O2/c1-13(23)22(16-7-4-5-14(9-16)10-19)12-18(24)21-17-8-3-2-6-15(17)11-20/h2-9H,12H2,1H3,(H,21,24). The van der Waals surface area contributed by atoms with Gasteiger partial charge in [-0.2, -0.15) is 10.5 Å². The van der Waals surface area contributed by atoms with Gasteiger partial charge in [0.15, 0.2) is 0 Å². The van der Waals surface area contributed by atoms with Crippen molar-refractivity contribution in [1.82, 2.24) is 0 Å². The lowest BCUT2D eigenvalue weighted by Gasteiger charge is -2.21. The van der Waals surface area contributed by atoms with Crippen molar-refractivity contribution in [2.75, 3.05) is 16.8 Å². The molecule has 0 aliphatic carbocycles. The molecule has 0 heterocycles. The number of carbonyl (C=O) groups is 2. The molecule has 6 nitrogen and oxygen atoms in total. The van der Waals surface area contributed by atoms with Crippen LogP contribution in [0.15, 0.2) is 48.5 Å². The second-order valence-electron chi connectivity index (χ2n) is 4.97. The summed E-state index contributed by atoms with van der Waals surface area (Å²) in [4.78, 5) is 25.4. The summed E-state index contributed by atoms with van der Waals surface area (Å²) in [7, 11) is 0. The predicted octanol–water partition coefficient (Wildman–Crippen LogP) is 2.42. The van der Waals surface area contributed by atoms with Gasteiger partial charge in [-0.1, -0.05) is 18.2 Å². The average molecular weight is 318 g/mol. The number of hydrogen-bond acceptors (Lipinski definition) is 4. The molecule has 2 aromatic rings. The summed E-state index contributed by atoms with van der Waals surface area (Å²) in [6, 6.07) is 17.0. The van der Waals surface area contributed by atoms with Crippen LogP contribution in [0.3, 0.4) is 0 Å². The molecule has 0 saturated heterocycles. The van der Waals surface area contributed by atoms with Gasteiger partial charge in [-0.05, 0) is 30.3 Å². The van der Waals surface area contributed by atoms with E-state index in [-0.39, 0.29) is 12.5 Å². The summed E-state index contributed by atoms with van der Waals surface area (Å²) in [6.45, 7) is 1.12. The lowest BCUT2D eigenvalue weighted by Crippen LogP contribution is -2.36. The molecule has 0 aliphatic heterocycles. The van der Waals surface area contributed by atoms with Gasteiger partial charge < -0.3 is 10.2 Å². The number of rotatable bonds is 4. The first kappa shape index (κ1) is 16.7. The number of anilines is 2. The maximum absolute atomic E-state index is 12.2. The van der Waals surface area contributed by atoms with Crippen molar-refractivity contribution in [3.63, 3.8) is 0 Å². The monoisotopic (exact) mass is 318 g/mol. The predicted molar refractivity (Wildman–Crippen MR) is 89.0 cm³/mol. The Balaban J connectivity index is 2.19. The fraction of sp³-hybridized carbons (Fsp3) is 0.111. The molecule has 0 aliphatic rings. The van der Waals surface area contributed by atoms with E-state index >= 15 is 0 Å². The van der Waals surface area contributed by atoms with E-state index < -0.39 is 5.91 Å². The normalized spacial score (nSPS) is 9.46. The second-order valence-corrected chi connectivity index (χ2v) is 4.97. The minimum atomic E-state index is -0.435. The van der Waals surface area contributed by atoms with Gasteiger partial charge in [-0.3, -0.25) is 9.59 Å². The third-order valence-electron chi connectivity index (χ3n) is 3.29. The molecule has 0 spiro atoms. The molecule has 1 N–H and O–H groups in total. The number of benzene rings is 2. The molecule has 0 bridgehead atoms. The van der Waals surface area contributed by atoms with Gasteiger partial charge >= 0.3 is 0 Å². The van der Waals surface area contributed by atoms with E-state index in [1.807, 2.05) is 12.1 Å². The van der Waals surface area contributed by atoms with E-state index in [0.717, 1.165) is 0 Å². The second kappa shape index (κ2) is 7.57. The molecule has 0 atom stereocenters. The molecule has 24 heavy (non-hydrogen) atoms. The highest BCUT2D eigenvalue weighted by atomic mass is 16.2. The molecule has 2 aromatic carbocycles. The van der Waals surface area contributed by atoms with E-state index in [9.17, 15) is 9.59 Å². The van der Waals surface area contributed by atoms with Gasteiger partial charge in [-0.25, -0.2) is 0 Å². The fourth-order valence-electron chi connectivity index (χ4n) is 2.15. The Kier molecular flexibility index (Phi) is 5.28. The van der Waals surface area contributed by atoms with Crippen molar-refractivity contribution in [3.05, 3.63) is 59.7 Å². The van der Waals surface area contributed by atoms with Crippen LogP contribution in [0.2, 0.25) is 0 Å². The van der Waals surface area contributed by atoms with Crippen LogP contribution in [0.5, 0.6) is 0 Å². The molecule has 2 amide bonds. The zero-order chi connectivity index (χ0) is 17.5. The average Bonchev–Trinajstić information content (AvgIpc) is 2.60. The lowest BCUT2D eigenvalue weighted by molar-refractivity contribution is -0.120. The van der Waals surface area contributed by atoms with E-state index in [2.05, 4.69) is 5.32 Å². The molecule has 0 unspecified atom stereocenters. The Morgan fingerprint density at radius 3 is 2.50 bits per heavy atom. The minimum Gasteiger partial charge on any atom is -0.323 e. The molecule has 0 fully saturated rings. The quantitative estimate of drug-likeness (QED) is 0.936. The Morgan fingerprint density at radius 2 is 1.83 bits per heavy atom. The lowest BCUT2D eigenvalue weighted by atomic mass is 10.2. The first-order valence-corrected chi connectivity index (χ1v) is 7.12. The molecule has 0 aromatic heterocycles. The summed E-state index contributed by atoms with van der Waals surface area (Å²) in [6.07, 6.45) is 0. The van der Waals surface area contributed by atoms with Crippen molar-refractivity contribution in [3.8, 4) is 12.1 Å². The number of hydrogen-bond donors (Lipinski definition) is 1. The summed E-state index contributed by atoms with van der Waals surface area (Å²) < 4.78 is 0. The third kappa shape index (κ3) is 3.96. The van der Waals surface area contributed by atoms with Crippen molar-refractivity contribution < 1.29 is 9.59 Å². The van der Waals surface area contributed by atoms with Crippen LogP contribution in [-0.2, 0) is 9.59 Å². The SMILES string of the molecule is CC(=O)N(CC(=O)Nc1ccccc1C#N)c1cccc(C#N)c1. The largest absolute Gasteiger partial charge is 0.323 e. The van der Waals surface area contributed by atoms with E-state index in [0.29, 0.717) is 22.5 Å². The number of amides is 2. The van der Waals surface area contributed by atoms with Crippen LogP contribution in [0.1, 0.15) is 18.1 Å². The van der Waals surface area contributed by atoms with Gasteiger partial charge in [0, 0.05) is 12.6 Å². The summed E-state index contributed by atoms with van der Waals surface area (Å²) in [5, 5.41) is 20.6. The van der Waals surface area contributed by atoms with E-state index in [1.165, 1.54) is 17.9 Å². The van der Waals surface area contributed by atoms with Crippen molar-refractivity contribution in [1.29, 1.82) is 10.5 Å². The summed E-state index contributed by atoms with van der Waals surface area (Å²) >= 11 is 0. The van der Waals surface area contributed by atoms with Crippen molar-refractivity contribution in [2.45, 2.75) is 6.92 Å². The third-order valence-corrected chi connectivity index (χ3v) is 3.29. The van der Waals surface area contributed by atoms with Gasteiger partial charge in [0.1, 0.15) is 12.6 Å². The first-order chi connectivity index (χ1) is 11.5. The van der Waals surface area contributed by atoms with Gasteiger partial charge in [0.2, 0.25) is 11.8 Å². The Labute approximate surface area is 139 Å². The number of nitrogens with one attached hydrogen (secondary N) is 1. The maximum Gasteiger partial charge on any atom is 0.244 e. The molecule has 0 saturated carbocycles. The highest BCUT2D eigenvalue weighted by Crippen LogP contribution is 2.17. The van der Waals surface area contributed by atoms with Crippen LogP contribution in [0.4, 0.5) is 11.4 Å². The molecular formula is C18H14N4O2. The Hall–Kier alpha value is -3.64.